The number of aryl methyl sites for hydroxylation is 1. The number of fused-ring (bicyclic) bond motifs is 1. The fraction of sp³-hybridized carbons (Fsp3) is 0.176. The van der Waals surface area contributed by atoms with Crippen molar-refractivity contribution in [2.75, 3.05) is 11.1 Å². The first-order chi connectivity index (χ1) is 10.7. The van der Waals surface area contributed by atoms with Crippen LogP contribution in [0.3, 0.4) is 0 Å². The monoisotopic (exact) mass is 328 g/mol. The van der Waals surface area contributed by atoms with Crippen molar-refractivity contribution in [3.8, 4) is 0 Å². The summed E-state index contributed by atoms with van der Waals surface area (Å²) in [7, 11) is 0. The zero-order valence-corrected chi connectivity index (χ0v) is 14.1. The number of carbonyl (C=O) groups excluding carboxylic acids is 1. The molecular weight excluding hydrogens is 312 g/mol. The molecule has 1 amide bonds. The van der Waals surface area contributed by atoms with Gasteiger partial charge in [0.15, 0.2) is 5.13 Å². The Kier molecular flexibility index (Phi) is 4.45. The molecule has 5 heteroatoms. The Balaban J connectivity index is 1.79. The lowest BCUT2D eigenvalue weighted by Crippen LogP contribution is -2.11. The van der Waals surface area contributed by atoms with Gasteiger partial charge in [0.2, 0.25) is 0 Å². The predicted molar refractivity (Wildman–Crippen MR) is 95.2 cm³/mol. The molecule has 0 atom stereocenters. The zero-order chi connectivity index (χ0) is 15.5. The molecule has 0 aliphatic rings. The molecule has 0 unspecified atom stereocenters. The summed E-state index contributed by atoms with van der Waals surface area (Å²) in [6.45, 7) is 4.14. The van der Waals surface area contributed by atoms with Crippen LogP contribution < -0.4 is 5.32 Å². The molecule has 3 aromatic rings. The zero-order valence-electron chi connectivity index (χ0n) is 12.4. The van der Waals surface area contributed by atoms with Crippen LogP contribution in [0, 0.1) is 6.92 Å². The summed E-state index contributed by atoms with van der Waals surface area (Å²) in [5.41, 5.74) is 2.73. The van der Waals surface area contributed by atoms with Crippen molar-refractivity contribution >= 4 is 44.4 Å². The second-order valence-electron chi connectivity index (χ2n) is 4.85. The number of aromatic nitrogens is 1. The fourth-order valence-electron chi connectivity index (χ4n) is 2.18. The molecule has 1 aromatic heterocycles. The topological polar surface area (TPSA) is 42.0 Å². The van der Waals surface area contributed by atoms with E-state index in [-0.39, 0.29) is 5.91 Å². The fourth-order valence-corrected chi connectivity index (χ4v) is 3.78. The maximum atomic E-state index is 12.3. The highest BCUT2D eigenvalue weighted by atomic mass is 32.2. The number of hydrogen-bond donors (Lipinski definition) is 1. The van der Waals surface area contributed by atoms with Gasteiger partial charge < -0.3 is 0 Å². The van der Waals surface area contributed by atoms with Gasteiger partial charge in [0.1, 0.15) is 0 Å². The maximum absolute atomic E-state index is 12.3. The van der Waals surface area contributed by atoms with Crippen LogP contribution in [0.5, 0.6) is 0 Å². The van der Waals surface area contributed by atoms with Crippen LogP contribution in [0.1, 0.15) is 22.8 Å². The molecule has 3 rings (SSSR count). The Morgan fingerprint density at radius 2 is 2.00 bits per heavy atom. The molecule has 0 aliphatic carbocycles. The second kappa shape index (κ2) is 6.50. The number of nitrogens with one attached hydrogen (secondary N) is 1. The molecule has 0 bridgehead atoms. The van der Waals surface area contributed by atoms with E-state index in [1.54, 1.807) is 11.8 Å². The van der Waals surface area contributed by atoms with Gasteiger partial charge in [0, 0.05) is 10.5 Å². The van der Waals surface area contributed by atoms with Crippen LogP contribution >= 0.6 is 23.1 Å². The van der Waals surface area contributed by atoms with E-state index in [1.807, 2.05) is 49.4 Å². The van der Waals surface area contributed by atoms with Crippen LogP contribution in [-0.2, 0) is 0 Å². The summed E-state index contributed by atoms with van der Waals surface area (Å²) < 4.78 is 1.09. The van der Waals surface area contributed by atoms with E-state index in [1.165, 1.54) is 16.2 Å². The lowest BCUT2D eigenvalue weighted by atomic mass is 10.2. The lowest BCUT2D eigenvalue weighted by molar-refractivity contribution is 0.102. The van der Waals surface area contributed by atoms with Crippen molar-refractivity contribution in [2.45, 2.75) is 18.7 Å². The minimum atomic E-state index is -0.121. The van der Waals surface area contributed by atoms with Crippen LogP contribution in [0.15, 0.2) is 47.4 Å². The highest BCUT2D eigenvalue weighted by Gasteiger charge is 2.10. The van der Waals surface area contributed by atoms with Crippen LogP contribution in [0.4, 0.5) is 5.13 Å². The molecule has 3 nitrogen and oxygen atoms in total. The SMILES string of the molecule is CCSc1ccc(C(=O)Nc2nc3c(C)cccc3s2)cc1. The molecule has 1 N–H and O–H groups in total. The lowest BCUT2D eigenvalue weighted by Gasteiger charge is -2.03. The number of nitrogens with zero attached hydrogens (tertiary/aromatic N) is 1. The molecule has 0 aliphatic heterocycles. The van der Waals surface area contributed by atoms with E-state index in [0.29, 0.717) is 10.7 Å². The van der Waals surface area contributed by atoms with E-state index >= 15 is 0 Å². The van der Waals surface area contributed by atoms with E-state index in [2.05, 4.69) is 17.2 Å². The van der Waals surface area contributed by atoms with Gasteiger partial charge >= 0.3 is 0 Å². The number of hydrogen-bond acceptors (Lipinski definition) is 4. The number of benzene rings is 2. The Labute approximate surface area is 137 Å². The minimum Gasteiger partial charge on any atom is -0.298 e. The van der Waals surface area contributed by atoms with E-state index in [4.69, 9.17) is 0 Å². The van der Waals surface area contributed by atoms with Gasteiger partial charge in [-0.05, 0) is 48.6 Å². The van der Waals surface area contributed by atoms with Gasteiger partial charge in [0.25, 0.3) is 5.91 Å². The molecule has 0 saturated carbocycles. The molecule has 112 valence electrons. The molecule has 2 aromatic carbocycles. The first kappa shape index (κ1) is 15.1. The standard InChI is InChI=1S/C17H16N2OS2/c1-3-21-13-9-7-12(8-10-13)16(20)19-17-18-15-11(2)5-4-6-14(15)22-17/h4-10H,3H2,1-2H3,(H,18,19,20). The van der Waals surface area contributed by atoms with Crippen LogP contribution in [-0.4, -0.2) is 16.6 Å². The Bertz CT molecular complexity index is 809. The van der Waals surface area contributed by atoms with E-state index in [9.17, 15) is 4.79 Å². The number of para-hydroxylation sites is 1. The average molecular weight is 328 g/mol. The Hall–Kier alpha value is -1.85. The predicted octanol–water partition coefficient (Wildman–Crippen LogP) is 4.97. The Morgan fingerprint density at radius 3 is 2.68 bits per heavy atom. The van der Waals surface area contributed by atoms with Gasteiger partial charge in [-0.25, -0.2) is 4.98 Å². The van der Waals surface area contributed by atoms with E-state index in [0.717, 1.165) is 21.5 Å². The van der Waals surface area contributed by atoms with Gasteiger partial charge in [-0.1, -0.05) is 30.4 Å². The second-order valence-corrected chi connectivity index (χ2v) is 7.22. The summed E-state index contributed by atoms with van der Waals surface area (Å²) in [4.78, 5) is 18.0. The number of rotatable bonds is 4. The van der Waals surface area contributed by atoms with Gasteiger partial charge in [0.05, 0.1) is 10.2 Å². The number of anilines is 1. The van der Waals surface area contributed by atoms with Gasteiger partial charge in [-0.3, -0.25) is 10.1 Å². The molecule has 0 radical (unpaired) electrons. The molecular formula is C17H16N2OS2. The van der Waals surface area contributed by atoms with Crippen molar-refractivity contribution < 1.29 is 4.79 Å². The minimum absolute atomic E-state index is 0.121. The summed E-state index contributed by atoms with van der Waals surface area (Å²) in [6.07, 6.45) is 0. The number of thiazole rings is 1. The summed E-state index contributed by atoms with van der Waals surface area (Å²) in [5, 5.41) is 3.53. The number of thioether (sulfide) groups is 1. The summed E-state index contributed by atoms with van der Waals surface area (Å²) in [5.74, 6) is 0.904. The average Bonchev–Trinajstić information content (AvgIpc) is 2.92. The van der Waals surface area contributed by atoms with Crippen molar-refractivity contribution in [3.05, 3.63) is 53.6 Å². The first-order valence-electron chi connectivity index (χ1n) is 7.07. The third kappa shape index (κ3) is 3.15. The van der Waals surface area contributed by atoms with Gasteiger partial charge in [-0.15, -0.1) is 11.8 Å². The third-order valence-corrected chi connectivity index (χ3v) is 5.10. The van der Waals surface area contributed by atoms with Crippen molar-refractivity contribution in [1.82, 2.24) is 4.98 Å². The van der Waals surface area contributed by atoms with Crippen molar-refractivity contribution in [1.29, 1.82) is 0 Å². The van der Waals surface area contributed by atoms with Crippen LogP contribution in [0.2, 0.25) is 0 Å². The molecule has 0 fully saturated rings. The van der Waals surface area contributed by atoms with Crippen LogP contribution in [0.25, 0.3) is 10.2 Å². The summed E-state index contributed by atoms with van der Waals surface area (Å²) in [6, 6.07) is 13.7. The van der Waals surface area contributed by atoms with Crippen molar-refractivity contribution in [3.63, 3.8) is 0 Å². The Morgan fingerprint density at radius 1 is 1.23 bits per heavy atom. The normalized spacial score (nSPS) is 10.8. The first-order valence-corrected chi connectivity index (χ1v) is 8.88. The molecule has 22 heavy (non-hydrogen) atoms. The summed E-state index contributed by atoms with van der Waals surface area (Å²) >= 11 is 3.26. The molecule has 1 heterocycles. The highest BCUT2D eigenvalue weighted by Crippen LogP contribution is 2.28. The highest BCUT2D eigenvalue weighted by molar-refractivity contribution is 7.99. The van der Waals surface area contributed by atoms with Gasteiger partial charge in [-0.2, -0.15) is 0 Å². The quantitative estimate of drug-likeness (QED) is 0.688. The smallest absolute Gasteiger partial charge is 0.257 e. The largest absolute Gasteiger partial charge is 0.298 e. The molecule has 0 saturated heterocycles. The molecule has 0 spiro atoms. The number of amides is 1. The van der Waals surface area contributed by atoms with Crippen molar-refractivity contribution in [2.24, 2.45) is 0 Å². The number of carbonyl (C=O) groups is 1. The maximum Gasteiger partial charge on any atom is 0.257 e. The third-order valence-electron chi connectivity index (χ3n) is 3.27. The van der Waals surface area contributed by atoms with E-state index < -0.39 is 0 Å².